The average Bonchev–Trinajstić information content (AvgIpc) is 2.45. The maximum Gasteiger partial charge on any atom is 0.253 e. The highest BCUT2D eigenvalue weighted by atomic mass is 35.5. The quantitative estimate of drug-likeness (QED) is 0.783. The van der Waals surface area contributed by atoms with Gasteiger partial charge in [-0.15, -0.1) is 0 Å². The smallest absolute Gasteiger partial charge is 0.253 e. The third-order valence-corrected chi connectivity index (χ3v) is 7.08. The lowest BCUT2D eigenvalue weighted by Gasteiger charge is -2.59. The first-order valence-electron chi connectivity index (χ1n) is 8.71. The fourth-order valence-electron chi connectivity index (χ4n) is 5.81. The third kappa shape index (κ3) is 2.78. The molecule has 4 saturated carbocycles. The molecule has 1 N–H and O–H groups in total. The van der Waals surface area contributed by atoms with Crippen molar-refractivity contribution in [3.63, 3.8) is 0 Å². The minimum absolute atomic E-state index is 0.0742. The molecule has 4 fully saturated rings. The lowest BCUT2D eigenvalue weighted by atomic mass is 9.48. The van der Waals surface area contributed by atoms with Crippen LogP contribution in [0, 0.1) is 23.2 Å². The van der Waals surface area contributed by atoms with Gasteiger partial charge in [0.05, 0.1) is 10.6 Å². The van der Waals surface area contributed by atoms with Gasteiger partial charge in [-0.3, -0.25) is 4.79 Å². The lowest BCUT2D eigenvalue weighted by Crippen LogP contribution is -2.55. The zero-order valence-electron chi connectivity index (χ0n) is 13.4. The molecule has 0 unspecified atom stereocenters. The standard InChI is InChI=1S/C19H23Cl2NO/c1-11(22-18(23)16-3-2-15(20)7-17(16)21)19-8-12-4-13(9-19)6-14(5-12)10-19/h2-3,7,11-14H,4-6,8-10H2,1H3,(H,22,23)/t11-,12?,13?,14?,19?/m0/s1. The summed E-state index contributed by atoms with van der Waals surface area (Å²) in [5.74, 6) is 2.59. The van der Waals surface area contributed by atoms with Crippen molar-refractivity contribution in [2.45, 2.75) is 51.5 Å². The minimum Gasteiger partial charge on any atom is -0.349 e. The highest BCUT2D eigenvalue weighted by Gasteiger charge is 2.53. The predicted octanol–water partition coefficient (Wildman–Crippen LogP) is 5.33. The van der Waals surface area contributed by atoms with Gasteiger partial charge in [-0.05, 0) is 86.8 Å². The molecule has 0 spiro atoms. The van der Waals surface area contributed by atoms with Crippen molar-refractivity contribution in [2.75, 3.05) is 0 Å². The van der Waals surface area contributed by atoms with Crippen molar-refractivity contribution in [1.82, 2.24) is 5.32 Å². The van der Waals surface area contributed by atoms with Crippen LogP contribution in [0.4, 0.5) is 0 Å². The molecule has 4 bridgehead atoms. The summed E-state index contributed by atoms with van der Waals surface area (Å²) in [5.41, 5.74) is 0.830. The Morgan fingerprint density at radius 3 is 2.22 bits per heavy atom. The molecule has 0 heterocycles. The maximum atomic E-state index is 12.6. The Kier molecular flexibility index (Phi) is 3.89. The van der Waals surface area contributed by atoms with Crippen LogP contribution in [0.3, 0.4) is 0 Å². The van der Waals surface area contributed by atoms with E-state index in [1.807, 2.05) is 0 Å². The van der Waals surface area contributed by atoms with E-state index in [9.17, 15) is 4.79 Å². The van der Waals surface area contributed by atoms with Gasteiger partial charge in [-0.25, -0.2) is 0 Å². The van der Waals surface area contributed by atoms with Crippen LogP contribution in [0.2, 0.25) is 10.0 Å². The molecule has 0 aliphatic heterocycles. The molecule has 0 radical (unpaired) electrons. The predicted molar refractivity (Wildman–Crippen MR) is 94.0 cm³/mol. The maximum absolute atomic E-state index is 12.6. The average molecular weight is 352 g/mol. The van der Waals surface area contributed by atoms with Crippen molar-refractivity contribution >= 4 is 29.1 Å². The second-order valence-electron chi connectivity index (χ2n) is 8.10. The number of benzene rings is 1. The van der Waals surface area contributed by atoms with Crippen molar-refractivity contribution in [1.29, 1.82) is 0 Å². The van der Waals surface area contributed by atoms with Gasteiger partial charge in [-0.1, -0.05) is 23.2 Å². The fraction of sp³-hybridized carbons (Fsp3) is 0.632. The molecule has 2 nitrogen and oxygen atoms in total. The lowest BCUT2D eigenvalue weighted by molar-refractivity contribution is -0.0688. The summed E-state index contributed by atoms with van der Waals surface area (Å²) in [6.07, 6.45) is 8.12. The molecule has 23 heavy (non-hydrogen) atoms. The largest absolute Gasteiger partial charge is 0.349 e. The number of carbonyl (C=O) groups excluding carboxylic acids is 1. The molecule has 4 aliphatic rings. The number of rotatable bonds is 3. The molecular weight excluding hydrogens is 329 g/mol. The van der Waals surface area contributed by atoms with Gasteiger partial charge in [0.25, 0.3) is 5.91 Å². The SMILES string of the molecule is C[C@H](NC(=O)c1ccc(Cl)cc1Cl)C12CC3CC(CC(C3)C1)C2. The van der Waals surface area contributed by atoms with Gasteiger partial charge in [0.15, 0.2) is 0 Å². The first-order chi connectivity index (χ1) is 10.9. The Hall–Kier alpha value is -0.730. The van der Waals surface area contributed by atoms with Gasteiger partial charge in [0.2, 0.25) is 0 Å². The number of amides is 1. The molecular formula is C19H23Cl2NO. The number of carbonyl (C=O) groups is 1. The molecule has 1 aromatic rings. The molecule has 124 valence electrons. The fourth-order valence-corrected chi connectivity index (χ4v) is 6.30. The van der Waals surface area contributed by atoms with E-state index in [2.05, 4.69) is 12.2 Å². The summed E-state index contributed by atoms with van der Waals surface area (Å²) in [5, 5.41) is 4.23. The van der Waals surface area contributed by atoms with Crippen LogP contribution in [0.1, 0.15) is 55.8 Å². The van der Waals surface area contributed by atoms with E-state index < -0.39 is 0 Å². The second kappa shape index (κ2) is 5.67. The molecule has 5 rings (SSSR count). The minimum atomic E-state index is -0.0742. The van der Waals surface area contributed by atoms with E-state index in [0.717, 1.165) is 17.8 Å². The molecule has 0 saturated heterocycles. The topological polar surface area (TPSA) is 29.1 Å². The monoisotopic (exact) mass is 351 g/mol. The molecule has 1 amide bonds. The van der Waals surface area contributed by atoms with E-state index >= 15 is 0 Å². The van der Waals surface area contributed by atoms with Gasteiger partial charge in [0, 0.05) is 11.1 Å². The van der Waals surface area contributed by atoms with Crippen molar-refractivity contribution < 1.29 is 4.79 Å². The zero-order valence-corrected chi connectivity index (χ0v) is 15.0. The highest BCUT2D eigenvalue weighted by molar-refractivity contribution is 6.36. The number of hydrogen-bond acceptors (Lipinski definition) is 1. The number of hydrogen-bond donors (Lipinski definition) is 1. The van der Waals surface area contributed by atoms with Crippen LogP contribution >= 0.6 is 23.2 Å². The Labute approximate surface area is 147 Å². The molecule has 0 aromatic heterocycles. The summed E-state index contributed by atoms with van der Waals surface area (Å²) in [6.45, 7) is 2.19. The van der Waals surface area contributed by atoms with E-state index in [4.69, 9.17) is 23.2 Å². The Morgan fingerprint density at radius 1 is 1.13 bits per heavy atom. The first kappa shape index (κ1) is 15.8. The van der Waals surface area contributed by atoms with E-state index in [1.165, 1.54) is 38.5 Å². The summed E-state index contributed by atoms with van der Waals surface area (Å²) < 4.78 is 0. The van der Waals surface area contributed by atoms with Crippen LogP contribution in [0.25, 0.3) is 0 Å². The van der Waals surface area contributed by atoms with Crippen LogP contribution in [-0.4, -0.2) is 11.9 Å². The summed E-state index contributed by atoms with van der Waals surface area (Å²) in [4.78, 5) is 12.6. The molecule has 1 aromatic carbocycles. The summed E-state index contributed by atoms with van der Waals surface area (Å²) in [7, 11) is 0. The van der Waals surface area contributed by atoms with Crippen LogP contribution in [0.15, 0.2) is 18.2 Å². The van der Waals surface area contributed by atoms with Gasteiger partial charge < -0.3 is 5.32 Å². The Morgan fingerprint density at radius 2 is 1.70 bits per heavy atom. The van der Waals surface area contributed by atoms with Crippen LogP contribution in [0.5, 0.6) is 0 Å². The Bertz CT molecular complexity index is 607. The summed E-state index contributed by atoms with van der Waals surface area (Å²) >= 11 is 12.1. The van der Waals surface area contributed by atoms with Crippen LogP contribution in [-0.2, 0) is 0 Å². The van der Waals surface area contributed by atoms with Crippen molar-refractivity contribution in [3.05, 3.63) is 33.8 Å². The Balaban J connectivity index is 1.51. The van der Waals surface area contributed by atoms with Gasteiger partial charge in [0.1, 0.15) is 0 Å². The molecule has 4 heteroatoms. The molecule has 4 aliphatic carbocycles. The first-order valence-corrected chi connectivity index (χ1v) is 9.47. The van der Waals surface area contributed by atoms with Gasteiger partial charge in [-0.2, -0.15) is 0 Å². The molecule has 1 atom stereocenters. The highest BCUT2D eigenvalue weighted by Crippen LogP contribution is 2.61. The normalized spacial score (nSPS) is 36.0. The van der Waals surface area contributed by atoms with E-state index in [-0.39, 0.29) is 11.9 Å². The van der Waals surface area contributed by atoms with Crippen molar-refractivity contribution in [3.8, 4) is 0 Å². The van der Waals surface area contributed by atoms with Crippen LogP contribution < -0.4 is 5.32 Å². The number of halogens is 2. The van der Waals surface area contributed by atoms with E-state index in [0.29, 0.717) is 21.0 Å². The third-order valence-electron chi connectivity index (χ3n) is 6.53. The zero-order chi connectivity index (χ0) is 16.2. The second-order valence-corrected chi connectivity index (χ2v) is 8.94. The van der Waals surface area contributed by atoms with E-state index in [1.54, 1.807) is 18.2 Å². The number of nitrogens with one attached hydrogen (secondary N) is 1. The summed E-state index contributed by atoms with van der Waals surface area (Å²) in [6, 6.07) is 5.27. The van der Waals surface area contributed by atoms with Gasteiger partial charge >= 0.3 is 0 Å². The van der Waals surface area contributed by atoms with Crippen molar-refractivity contribution in [2.24, 2.45) is 23.2 Å².